The third kappa shape index (κ3) is 3.56. The first kappa shape index (κ1) is 10.7. The number of guanidine groups is 1. The van der Waals surface area contributed by atoms with Crippen LogP contribution in [0.3, 0.4) is 0 Å². The molecule has 7 nitrogen and oxygen atoms in total. The van der Waals surface area contributed by atoms with Gasteiger partial charge in [0.1, 0.15) is 0 Å². The molecule has 4 N–H and O–H groups in total. The van der Waals surface area contributed by atoms with Crippen LogP contribution >= 0.6 is 0 Å². The van der Waals surface area contributed by atoms with Gasteiger partial charge < -0.3 is 10.5 Å². The summed E-state index contributed by atoms with van der Waals surface area (Å²) in [5.41, 5.74) is 6.36. The standard InChI is InChI=1S/C6H10O.CH4N4O2/c1-2-6(3-4-6)7-5-1;2-1(3)4-5(6)7/h1-5H2;(H4,2,3,4). The molecule has 1 saturated carbocycles. The molecule has 0 aromatic carbocycles. The summed E-state index contributed by atoms with van der Waals surface area (Å²) in [4.78, 5) is 9.28. The molecular formula is C7H14N4O3. The number of hydrogen-bond acceptors (Lipinski definition) is 4. The Hall–Kier alpha value is -1.37. The van der Waals surface area contributed by atoms with Gasteiger partial charge >= 0.3 is 0 Å². The predicted octanol–water partition coefficient (Wildman–Crippen LogP) is -0.00943. The topological polar surface area (TPSA) is 114 Å². The number of nitrogens with two attached hydrogens (primary N) is 1. The highest BCUT2D eigenvalue weighted by Crippen LogP contribution is 2.46. The Labute approximate surface area is 81.2 Å². The number of hydrogen-bond donors (Lipinski definition) is 3. The molecule has 7 heteroatoms. The summed E-state index contributed by atoms with van der Waals surface area (Å²) in [7, 11) is 0. The van der Waals surface area contributed by atoms with E-state index in [0.717, 1.165) is 6.61 Å². The molecule has 0 aromatic rings. The molecule has 1 saturated heterocycles. The van der Waals surface area contributed by atoms with Crippen LogP contribution in [0.5, 0.6) is 0 Å². The molecule has 1 spiro atoms. The number of rotatable bonds is 1. The van der Waals surface area contributed by atoms with E-state index in [1.165, 1.54) is 31.1 Å². The largest absolute Gasteiger partial charge is 0.375 e. The summed E-state index contributed by atoms with van der Waals surface area (Å²) in [5.74, 6) is -0.662. The number of nitrogens with one attached hydrogen (secondary N) is 2. The third-order valence-corrected chi connectivity index (χ3v) is 2.20. The highest BCUT2D eigenvalue weighted by Gasteiger charge is 2.46. The normalized spacial score (nSPS) is 20.9. The van der Waals surface area contributed by atoms with Gasteiger partial charge in [0.25, 0.3) is 0 Å². The number of nitro groups is 1. The molecular weight excluding hydrogens is 188 g/mol. The average molecular weight is 202 g/mol. The van der Waals surface area contributed by atoms with Crippen LogP contribution in [-0.2, 0) is 4.74 Å². The maximum Gasteiger partial charge on any atom is 0.248 e. The van der Waals surface area contributed by atoms with Crippen molar-refractivity contribution in [2.45, 2.75) is 31.3 Å². The Morgan fingerprint density at radius 2 is 2.21 bits per heavy atom. The smallest absolute Gasteiger partial charge is 0.248 e. The highest BCUT2D eigenvalue weighted by molar-refractivity contribution is 5.72. The molecule has 2 aliphatic rings. The molecule has 2 rings (SSSR count). The zero-order chi connectivity index (χ0) is 10.6. The molecule has 14 heavy (non-hydrogen) atoms. The van der Waals surface area contributed by atoms with E-state index in [4.69, 9.17) is 10.1 Å². The Morgan fingerprint density at radius 3 is 2.36 bits per heavy atom. The summed E-state index contributed by atoms with van der Waals surface area (Å²) in [5, 5.41) is 14.6. The maximum absolute atomic E-state index is 9.28. The maximum atomic E-state index is 9.28. The summed E-state index contributed by atoms with van der Waals surface area (Å²) in [6.45, 7) is 1.03. The SMILES string of the molecule is C1COC2(C1)CC2.N=C(N)N[N+](=O)[O-]. The zero-order valence-corrected chi connectivity index (χ0v) is 7.78. The van der Waals surface area contributed by atoms with Crippen LogP contribution in [0.1, 0.15) is 25.7 Å². The second kappa shape index (κ2) is 4.23. The van der Waals surface area contributed by atoms with Crippen molar-refractivity contribution < 1.29 is 9.77 Å². The van der Waals surface area contributed by atoms with Gasteiger partial charge in [-0.1, -0.05) is 5.43 Å². The van der Waals surface area contributed by atoms with Gasteiger partial charge in [0.2, 0.25) is 5.96 Å². The van der Waals surface area contributed by atoms with Gasteiger partial charge in [-0.15, -0.1) is 0 Å². The molecule has 0 amide bonds. The van der Waals surface area contributed by atoms with Crippen LogP contribution in [0, 0.1) is 15.5 Å². The Balaban J connectivity index is 0.000000140. The van der Waals surface area contributed by atoms with Crippen molar-refractivity contribution in [3.05, 3.63) is 10.1 Å². The van der Waals surface area contributed by atoms with Crippen LogP contribution in [0.2, 0.25) is 0 Å². The van der Waals surface area contributed by atoms with Crippen molar-refractivity contribution in [2.24, 2.45) is 5.73 Å². The lowest BCUT2D eigenvalue weighted by atomic mass is 10.2. The fraction of sp³-hybridized carbons (Fsp3) is 0.857. The van der Waals surface area contributed by atoms with Crippen molar-refractivity contribution in [3.8, 4) is 0 Å². The number of hydrazine groups is 1. The summed E-state index contributed by atoms with van der Waals surface area (Å²) in [6.07, 6.45) is 5.33. The molecule has 1 aliphatic heterocycles. The zero-order valence-electron chi connectivity index (χ0n) is 7.78. The van der Waals surface area contributed by atoms with E-state index >= 15 is 0 Å². The second-order valence-electron chi connectivity index (χ2n) is 3.42. The van der Waals surface area contributed by atoms with Crippen LogP contribution in [0.4, 0.5) is 0 Å². The number of nitrogens with zero attached hydrogens (tertiary/aromatic N) is 1. The van der Waals surface area contributed by atoms with Crippen molar-refractivity contribution in [2.75, 3.05) is 6.61 Å². The van der Waals surface area contributed by atoms with Gasteiger partial charge in [0.15, 0.2) is 5.03 Å². The van der Waals surface area contributed by atoms with Gasteiger partial charge in [-0.25, -0.2) is 10.1 Å². The lowest BCUT2D eigenvalue weighted by molar-refractivity contribution is -0.525. The van der Waals surface area contributed by atoms with Crippen molar-refractivity contribution >= 4 is 5.96 Å². The predicted molar refractivity (Wildman–Crippen MR) is 49.2 cm³/mol. The van der Waals surface area contributed by atoms with Gasteiger partial charge in [0, 0.05) is 6.61 Å². The third-order valence-electron chi connectivity index (χ3n) is 2.20. The Morgan fingerprint density at radius 1 is 1.57 bits per heavy atom. The fourth-order valence-electron chi connectivity index (χ4n) is 1.39. The molecule has 80 valence electrons. The second-order valence-corrected chi connectivity index (χ2v) is 3.42. The summed E-state index contributed by atoms with van der Waals surface area (Å²) in [6, 6.07) is 0. The first-order valence-electron chi connectivity index (χ1n) is 4.43. The van der Waals surface area contributed by atoms with E-state index in [1.54, 1.807) is 0 Å². The van der Waals surface area contributed by atoms with E-state index in [2.05, 4.69) is 5.73 Å². The molecule has 1 aliphatic carbocycles. The molecule has 0 radical (unpaired) electrons. The lowest BCUT2D eigenvalue weighted by Crippen LogP contribution is -2.34. The summed E-state index contributed by atoms with van der Waals surface area (Å²) >= 11 is 0. The van der Waals surface area contributed by atoms with Crippen molar-refractivity contribution in [1.82, 2.24) is 5.43 Å². The molecule has 0 atom stereocenters. The first-order valence-corrected chi connectivity index (χ1v) is 4.43. The minimum Gasteiger partial charge on any atom is -0.375 e. The van der Waals surface area contributed by atoms with E-state index in [9.17, 15) is 10.1 Å². The van der Waals surface area contributed by atoms with E-state index in [0.29, 0.717) is 5.60 Å². The Bertz CT molecular complexity index is 219. The molecule has 2 fully saturated rings. The monoisotopic (exact) mass is 202 g/mol. The van der Waals surface area contributed by atoms with Gasteiger partial charge in [-0.3, -0.25) is 5.41 Å². The average Bonchev–Trinajstić information content (AvgIpc) is 2.57. The quantitative estimate of drug-likeness (QED) is 0.239. The first-order chi connectivity index (χ1) is 6.54. The van der Waals surface area contributed by atoms with Crippen molar-refractivity contribution in [3.63, 3.8) is 0 Å². The molecule has 0 bridgehead atoms. The molecule has 0 aromatic heterocycles. The fourth-order valence-corrected chi connectivity index (χ4v) is 1.39. The van der Waals surface area contributed by atoms with Gasteiger partial charge in [-0.2, -0.15) is 0 Å². The van der Waals surface area contributed by atoms with E-state index in [1.807, 2.05) is 0 Å². The molecule has 1 heterocycles. The van der Waals surface area contributed by atoms with Crippen LogP contribution in [0.15, 0.2) is 0 Å². The van der Waals surface area contributed by atoms with Crippen molar-refractivity contribution in [1.29, 1.82) is 5.41 Å². The van der Waals surface area contributed by atoms with Crippen LogP contribution < -0.4 is 11.2 Å². The van der Waals surface area contributed by atoms with Gasteiger partial charge in [0.05, 0.1) is 5.60 Å². The minimum absolute atomic E-state index is 0.444. The Kier molecular flexibility index (Phi) is 3.23. The van der Waals surface area contributed by atoms with Crippen LogP contribution in [-0.4, -0.2) is 23.2 Å². The lowest BCUT2D eigenvalue weighted by Gasteiger charge is -2.00. The minimum atomic E-state index is -0.900. The number of ether oxygens (including phenoxy) is 1. The van der Waals surface area contributed by atoms with E-state index < -0.39 is 11.0 Å². The summed E-state index contributed by atoms with van der Waals surface area (Å²) < 4.78 is 5.45. The molecule has 0 unspecified atom stereocenters. The van der Waals surface area contributed by atoms with Crippen LogP contribution in [0.25, 0.3) is 0 Å². The van der Waals surface area contributed by atoms with E-state index in [-0.39, 0.29) is 0 Å². The van der Waals surface area contributed by atoms with Gasteiger partial charge in [-0.05, 0) is 25.7 Å². The highest BCUT2D eigenvalue weighted by atomic mass is 16.7.